The van der Waals surface area contributed by atoms with Gasteiger partial charge in [-0.3, -0.25) is 4.79 Å². The molecule has 0 aliphatic rings. The first-order valence-electron chi connectivity index (χ1n) is 11.7. The van der Waals surface area contributed by atoms with Crippen LogP contribution in [-0.4, -0.2) is 25.9 Å². The highest BCUT2D eigenvalue weighted by molar-refractivity contribution is 7.96. The van der Waals surface area contributed by atoms with Gasteiger partial charge in [0.15, 0.2) is 8.32 Å². The fourth-order valence-electron chi connectivity index (χ4n) is 4.02. The summed E-state index contributed by atoms with van der Waals surface area (Å²) in [4.78, 5) is 14.1. The molecule has 0 aliphatic carbocycles. The van der Waals surface area contributed by atoms with Crippen LogP contribution in [-0.2, 0) is 9.22 Å². The van der Waals surface area contributed by atoms with E-state index < -0.39 is 21.2 Å². The van der Waals surface area contributed by atoms with E-state index >= 15 is 0 Å². The van der Waals surface area contributed by atoms with Gasteiger partial charge in [-0.2, -0.15) is 0 Å². The Labute approximate surface area is 201 Å². The second-order valence-corrected chi connectivity index (χ2v) is 19.0. The summed E-state index contributed by atoms with van der Waals surface area (Å²) in [6.45, 7) is 15.0. The van der Waals surface area contributed by atoms with E-state index in [0.717, 1.165) is 0 Å². The molecule has 174 valence electrons. The highest BCUT2D eigenvalue weighted by atomic mass is 31.2. The average molecular weight is 478 g/mol. The number of carbonyl (C=O) groups excluding carboxylic acids is 1. The molecular formula is C29H38O2PSi+. The minimum atomic E-state index is -2.23. The number of carbonyl (C=O) groups is 1. The summed E-state index contributed by atoms with van der Waals surface area (Å²) in [5, 5.41) is 3.70. The molecule has 0 saturated heterocycles. The maximum Gasteiger partial charge on any atom is 0.200 e. The summed E-state index contributed by atoms with van der Waals surface area (Å²) in [5.41, 5.74) is -0.855. The third-order valence-corrected chi connectivity index (χ3v) is 15.9. The van der Waals surface area contributed by atoms with Crippen LogP contribution >= 0.6 is 7.26 Å². The molecule has 3 aromatic carbocycles. The van der Waals surface area contributed by atoms with Crippen molar-refractivity contribution < 1.29 is 9.22 Å². The second-order valence-electron chi connectivity index (χ2n) is 10.8. The standard InChI is InChI=1S/C29H38O2PSi/c1-28(2,3)33(6,7)31-29(4,5)27(30)23-32(24-17-11-8-12-18-24,25-19-13-9-14-20-25)26-21-15-10-16-22-26/h8-22H,23H2,1-7H3/q+1. The van der Waals surface area contributed by atoms with Crippen LogP contribution in [0.5, 0.6) is 0 Å². The van der Waals surface area contributed by atoms with E-state index in [4.69, 9.17) is 4.43 Å². The SMILES string of the molecule is CC(C)(O[Si](C)(C)C(C)(C)C)C(=O)C[P+](c1ccccc1)(c1ccccc1)c1ccccc1. The van der Waals surface area contributed by atoms with E-state index in [1.165, 1.54) is 15.9 Å². The Morgan fingerprint density at radius 2 is 1.03 bits per heavy atom. The number of hydrogen-bond donors (Lipinski definition) is 0. The van der Waals surface area contributed by atoms with Crippen molar-refractivity contribution in [2.45, 2.75) is 58.4 Å². The Hall–Kier alpha value is -2.06. The maximum atomic E-state index is 14.1. The van der Waals surface area contributed by atoms with Crippen molar-refractivity contribution in [1.82, 2.24) is 0 Å². The van der Waals surface area contributed by atoms with Gasteiger partial charge in [0.05, 0.1) is 0 Å². The molecule has 3 aromatic rings. The number of benzene rings is 3. The van der Waals surface area contributed by atoms with Crippen LogP contribution in [0.4, 0.5) is 0 Å². The van der Waals surface area contributed by atoms with Crippen LogP contribution < -0.4 is 15.9 Å². The van der Waals surface area contributed by atoms with Gasteiger partial charge >= 0.3 is 0 Å². The maximum absolute atomic E-state index is 14.1. The van der Waals surface area contributed by atoms with Gasteiger partial charge in [-0.05, 0) is 68.4 Å². The Balaban J connectivity index is 2.16. The minimum Gasteiger partial charge on any atom is -0.405 e. The van der Waals surface area contributed by atoms with Crippen LogP contribution in [0, 0.1) is 0 Å². The first-order valence-corrected chi connectivity index (χ1v) is 16.6. The molecule has 0 saturated carbocycles. The topological polar surface area (TPSA) is 26.3 Å². The quantitative estimate of drug-likeness (QED) is 0.279. The van der Waals surface area contributed by atoms with Crippen molar-refractivity contribution in [3.05, 3.63) is 91.0 Å². The summed E-state index contributed by atoms with van der Waals surface area (Å²) in [6.07, 6.45) is 0.437. The van der Waals surface area contributed by atoms with Gasteiger partial charge in [-0.15, -0.1) is 0 Å². The largest absolute Gasteiger partial charge is 0.405 e. The lowest BCUT2D eigenvalue weighted by Crippen LogP contribution is -2.52. The Morgan fingerprint density at radius 1 is 0.697 bits per heavy atom. The van der Waals surface area contributed by atoms with Crippen molar-refractivity contribution >= 4 is 37.3 Å². The highest BCUT2D eigenvalue weighted by Gasteiger charge is 2.51. The number of Topliss-reactive ketones (excluding diaryl/α,β-unsaturated/α-hetero) is 1. The first kappa shape index (κ1) is 25.6. The van der Waals surface area contributed by atoms with Gasteiger partial charge in [0.25, 0.3) is 0 Å². The molecule has 0 radical (unpaired) electrons. The number of rotatable bonds is 8. The van der Waals surface area contributed by atoms with E-state index in [9.17, 15) is 4.79 Å². The van der Waals surface area contributed by atoms with Gasteiger partial charge < -0.3 is 4.43 Å². The lowest BCUT2D eigenvalue weighted by Gasteiger charge is -2.42. The summed E-state index contributed by atoms with van der Waals surface area (Å²) >= 11 is 0. The fraction of sp³-hybridized carbons (Fsp3) is 0.345. The molecule has 0 spiro atoms. The molecule has 0 bridgehead atoms. The summed E-state index contributed by atoms with van der Waals surface area (Å²) in [5.74, 6) is 0.164. The molecular weight excluding hydrogens is 439 g/mol. The van der Waals surface area contributed by atoms with Crippen molar-refractivity contribution in [2.24, 2.45) is 0 Å². The van der Waals surface area contributed by atoms with Gasteiger partial charge in [0.2, 0.25) is 5.78 Å². The summed E-state index contributed by atoms with van der Waals surface area (Å²) in [6, 6.07) is 31.7. The predicted octanol–water partition coefficient (Wildman–Crippen LogP) is 6.35. The molecule has 0 aliphatic heterocycles. The molecule has 3 rings (SSSR count). The van der Waals surface area contributed by atoms with E-state index in [-0.39, 0.29) is 10.8 Å². The van der Waals surface area contributed by atoms with Crippen LogP contribution in [0.15, 0.2) is 91.0 Å². The zero-order valence-electron chi connectivity index (χ0n) is 21.1. The first-order chi connectivity index (χ1) is 15.4. The normalized spacial score (nSPS) is 13.1. The van der Waals surface area contributed by atoms with Crippen molar-refractivity contribution in [2.75, 3.05) is 6.16 Å². The molecule has 33 heavy (non-hydrogen) atoms. The van der Waals surface area contributed by atoms with E-state index in [1.807, 2.05) is 32.0 Å². The Morgan fingerprint density at radius 3 is 1.33 bits per heavy atom. The Bertz CT molecular complexity index is 958. The van der Waals surface area contributed by atoms with Crippen molar-refractivity contribution in [1.29, 1.82) is 0 Å². The van der Waals surface area contributed by atoms with Gasteiger partial charge in [-0.25, -0.2) is 0 Å². The zero-order chi connectivity index (χ0) is 24.3. The summed E-state index contributed by atoms with van der Waals surface area (Å²) < 4.78 is 6.71. The van der Waals surface area contributed by atoms with E-state index in [1.54, 1.807) is 0 Å². The minimum absolute atomic E-state index is 0.0368. The zero-order valence-corrected chi connectivity index (χ0v) is 23.0. The molecule has 0 atom stereocenters. The highest BCUT2D eigenvalue weighted by Crippen LogP contribution is 2.56. The van der Waals surface area contributed by atoms with Crippen molar-refractivity contribution in [3.63, 3.8) is 0 Å². The monoisotopic (exact) mass is 477 g/mol. The van der Waals surface area contributed by atoms with Gasteiger partial charge in [0, 0.05) is 0 Å². The molecule has 0 heterocycles. The molecule has 4 heteroatoms. The van der Waals surface area contributed by atoms with Crippen LogP contribution in [0.2, 0.25) is 18.1 Å². The van der Waals surface area contributed by atoms with Gasteiger partial charge in [0.1, 0.15) is 34.9 Å². The predicted molar refractivity (Wildman–Crippen MR) is 147 cm³/mol. The molecule has 0 N–H and O–H groups in total. The molecule has 0 aromatic heterocycles. The second kappa shape index (κ2) is 9.66. The lowest BCUT2D eigenvalue weighted by atomic mass is 10.1. The number of ketones is 1. The van der Waals surface area contributed by atoms with Gasteiger partial charge in [-0.1, -0.05) is 75.4 Å². The summed E-state index contributed by atoms with van der Waals surface area (Å²) in [7, 11) is -4.35. The lowest BCUT2D eigenvalue weighted by molar-refractivity contribution is -0.130. The molecule has 0 unspecified atom stereocenters. The molecule has 0 fully saturated rings. The molecule has 2 nitrogen and oxygen atoms in total. The average Bonchev–Trinajstić information content (AvgIpc) is 2.77. The van der Waals surface area contributed by atoms with Crippen LogP contribution in [0.25, 0.3) is 0 Å². The van der Waals surface area contributed by atoms with Crippen molar-refractivity contribution in [3.8, 4) is 0 Å². The Kier molecular flexibility index (Phi) is 7.48. The van der Waals surface area contributed by atoms with E-state index in [0.29, 0.717) is 6.16 Å². The van der Waals surface area contributed by atoms with E-state index in [2.05, 4.69) is 107 Å². The van der Waals surface area contributed by atoms with Crippen LogP contribution in [0.1, 0.15) is 34.6 Å². The third kappa shape index (κ3) is 5.37. The molecule has 0 amide bonds. The smallest absolute Gasteiger partial charge is 0.200 e. The third-order valence-electron chi connectivity index (χ3n) is 6.96. The number of hydrogen-bond acceptors (Lipinski definition) is 2. The van der Waals surface area contributed by atoms with Crippen LogP contribution in [0.3, 0.4) is 0 Å². The fourth-order valence-corrected chi connectivity index (χ4v) is 10.0.